The smallest absolute Gasteiger partial charge is 0.336 e. The molecule has 0 bridgehead atoms. The van der Waals surface area contributed by atoms with E-state index >= 15 is 0 Å². The van der Waals surface area contributed by atoms with Gasteiger partial charge in [-0.05, 0) is 84.1 Å². The highest BCUT2D eigenvalue weighted by Crippen LogP contribution is 2.55. The third-order valence-electron chi connectivity index (χ3n) is 11.6. The minimum absolute atomic E-state index is 0.0193. The Morgan fingerprint density at radius 3 is 2.48 bits per heavy atom. The van der Waals surface area contributed by atoms with E-state index < -0.39 is 60.0 Å². The zero-order chi connectivity index (χ0) is 43.1. The lowest BCUT2D eigenvalue weighted by Crippen LogP contribution is -2.69. The molecule has 4 heterocycles. The Kier molecular flexibility index (Phi) is 11.3. The van der Waals surface area contributed by atoms with Gasteiger partial charge in [0.05, 0.1) is 13.2 Å². The van der Waals surface area contributed by atoms with E-state index in [-0.39, 0.29) is 46.6 Å². The van der Waals surface area contributed by atoms with Gasteiger partial charge in [0.15, 0.2) is 23.3 Å². The van der Waals surface area contributed by atoms with E-state index in [9.17, 15) is 40.5 Å². The Morgan fingerprint density at radius 1 is 1.03 bits per heavy atom. The normalized spacial score (nSPS) is 26.3. The van der Waals surface area contributed by atoms with E-state index in [0.717, 1.165) is 24.1 Å². The van der Waals surface area contributed by atoms with Crippen LogP contribution in [-0.2, 0) is 21.6 Å². The second-order valence-electron chi connectivity index (χ2n) is 15.7. The highest BCUT2D eigenvalue weighted by molar-refractivity contribution is 6.13. The van der Waals surface area contributed by atoms with E-state index in [2.05, 4.69) is 15.0 Å². The number of carboxylic acid groups (broad SMARTS) is 1. The molecule has 0 amide bonds. The summed E-state index contributed by atoms with van der Waals surface area (Å²) < 4.78 is 30.9. The molecule has 4 aliphatic heterocycles. The van der Waals surface area contributed by atoms with Gasteiger partial charge < -0.3 is 59.4 Å². The molecule has 61 heavy (non-hydrogen) atoms. The average molecular weight is 840 g/mol. The molecule has 320 valence electrons. The van der Waals surface area contributed by atoms with Crippen LogP contribution >= 0.6 is 0 Å². The third kappa shape index (κ3) is 8.16. The molecule has 3 aromatic carbocycles. The first-order valence-corrected chi connectivity index (χ1v) is 20.0. The molecule has 9 N–H and O–H groups in total. The fourth-order valence-corrected chi connectivity index (χ4v) is 8.37. The van der Waals surface area contributed by atoms with Crippen molar-refractivity contribution in [3.05, 3.63) is 89.0 Å². The van der Waals surface area contributed by atoms with E-state index in [1.54, 1.807) is 42.5 Å². The highest BCUT2D eigenvalue weighted by Gasteiger charge is 2.59. The van der Waals surface area contributed by atoms with E-state index in [0.29, 0.717) is 55.0 Å². The Bertz CT molecular complexity index is 2370. The maximum absolute atomic E-state index is 12.6. The number of phenols is 2. The van der Waals surface area contributed by atoms with Gasteiger partial charge in [-0.15, -0.1) is 0 Å². The number of fused-ring (bicyclic) bond motifs is 1. The van der Waals surface area contributed by atoms with Crippen LogP contribution in [0, 0.1) is 0 Å². The molecule has 1 aliphatic carbocycles. The predicted molar refractivity (Wildman–Crippen MR) is 220 cm³/mol. The second kappa shape index (κ2) is 16.6. The number of amidine groups is 1. The summed E-state index contributed by atoms with van der Waals surface area (Å²) in [6.07, 6.45) is 0.114. The zero-order valence-corrected chi connectivity index (χ0v) is 33.2. The highest BCUT2D eigenvalue weighted by atomic mass is 16.7. The number of benzene rings is 3. The van der Waals surface area contributed by atoms with Crippen LogP contribution in [0.4, 0.5) is 0 Å². The lowest BCUT2D eigenvalue weighted by molar-refractivity contribution is -0.303. The summed E-state index contributed by atoms with van der Waals surface area (Å²) in [5.41, 5.74) is -0.669. The Morgan fingerprint density at radius 2 is 1.80 bits per heavy atom. The molecule has 2 fully saturated rings. The summed E-state index contributed by atoms with van der Waals surface area (Å²) in [4.78, 5) is 24.8. The standard InChI is InChI=1S/C44H46N4O13/c1-2-23-15-25(17-28(49)16-23)43(12-3-4-13-43)61-38-33(59-42-37(52)39(53)44(56,40(60-42)41(54)55)20-27-21-46-22-47-27)19-32-35(36(38)51)30(50)18-31(58-32)24-5-8-29(9-6-24)57-14-11-26-7-10-34(45)48-26/h5-10,15-19,22,31,37,39-40,42,45,49-53,56H,2-4,11-14,20-21H2,1H3,(H,54,55)/p+1. The van der Waals surface area contributed by atoms with E-state index in [1.165, 1.54) is 18.5 Å². The minimum atomic E-state index is -2.54. The molecule has 5 aliphatic rings. The summed E-state index contributed by atoms with van der Waals surface area (Å²) in [6.45, 7) is 2.35. The van der Waals surface area contributed by atoms with Crippen LogP contribution in [0.1, 0.15) is 73.8 Å². The molecule has 0 radical (unpaired) electrons. The number of allylic oxidation sites excluding steroid dienone is 1. The van der Waals surface area contributed by atoms with Gasteiger partial charge in [0, 0.05) is 36.8 Å². The molecule has 8 rings (SSSR count). The lowest BCUT2D eigenvalue weighted by Gasteiger charge is -2.46. The van der Waals surface area contributed by atoms with Crippen molar-refractivity contribution in [3.63, 3.8) is 0 Å². The quantitative estimate of drug-likeness (QED) is 0.116. The van der Waals surface area contributed by atoms with Crippen molar-refractivity contribution in [2.45, 2.75) is 93.8 Å². The number of aliphatic imine (C=N–C) groups is 3. The van der Waals surface area contributed by atoms with Gasteiger partial charge in [0.25, 0.3) is 0 Å². The van der Waals surface area contributed by atoms with Gasteiger partial charge in [-0.3, -0.25) is 10.4 Å². The van der Waals surface area contributed by atoms with Crippen LogP contribution in [0.25, 0.3) is 5.76 Å². The minimum Gasteiger partial charge on any atom is -0.508 e. The first kappa shape index (κ1) is 41.5. The predicted octanol–water partition coefficient (Wildman–Crippen LogP) is 2.99. The van der Waals surface area contributed by atoms with Gasteiger partial charge in [0.1, 0.15) is 64.4 Å². The number of phenolic OH excluding ortho intramolecular Hbond substituents is 2. The maximum atomic E-state index is 12.6. The number of carbonyl (C=O) groups is 1. The van der Waals surface area contributed by atoms with Crippen molar-refractivity contribution in [2.24, 2.45) is 15.0 Å². The summed E-state index contributed by atoms with van der Waals surface area (Å²) >= 11 is 0. The third-order valence-corrected chi connectivity index (χ3v) is 11.6. The number of hydrogen-bond donors (Lipinski definition) is 8. The van der Waals surface area contributed by atoms with Crippen molar-refractivity contribution in [1.29, 1.82) is 0 Å². The first-order valence-electron chi connectivity index (χ1n) is 20.0. The number of aliphatic hydroxyl groups is 4. The number of aryl methyl sites for hydroxylation is 1. The van der Waals surface area contributed by atoms with Crippen molar-refractivity contribution in [3.8, 4) is 34.5 Å². The van der Waals surface area contributed by atoms with Crippen LogP contribution in [-0.4, -0.2) is 109 Å². The number of rotatable bonds is 14. The summed E-state index contributed by atoms with van der Waals surface area (Å²) in [6, 6.07) is 13.4. The van der Waals surface area contributed by atoms with Gasteiger partial charge >= 0.3 is 11.8 Å². The van der Waals surface area contributed by atoms with E-state index in [4.69, 9.17) is 29.1 Å². The topological polar surface area (TPSA) is 267 Å². The summed E-state index contributed by atoms with van der Waals surface area (Å²) in [7, 11) is 0. The number of aliphatic carboxylic acids is 1. The van der Waals surface area contributed by atoms with Crippen molar-refractivity contribution in [2.75, 3.05) is 13.2 Å². The molecule has 1 saturated carbocycles. The fourth-order valence-electron chi connectivity index (χ4n) is 8.37. The summed E-state index contributed by atoms with van der Waals surface area (Å²) in [5.74, 6) is -2.29. The van der Waals surface area contributed by atoms with Gasteiger partial charge in [-0.25, -0.2) is 9.79 Å². The number of nitrogens with zero attached hydrogens (tertiary/aromatic N) is 3. The first-order chi connectivity index (χ1) is 29.3. The monoisotopic (exact) mass is 839 g/mol. The molecular formula is C44H47N4O13+. The molecule has 1 saturated heterocycles. The van der Waals surface area contributed by atoms with Gasteiger partial charge in [-0.1, -0.05) is 25.1 Å². The number of aromatic hydroxyl groups is 2. The second-order valence-corrected chi connectivity index (χ2v) is 15.7. The Labute approximate surface area is 349 Å². The molecule has 6 atom stereocenters. The van der Waals surface area contributed by atoms with Crippen molar-refractivity contribution >= 4 is 35.3 Å². The van der Waals surface area contributed by atoms with Gasteiger partial charge in [-0.2, -0.15) is 0 Å². The summed E-state index contributed by atoms with van der Waals surface area (Å²) in [5, 5.41) is 84.6. The number of ether oxygens (including phenoxy) is 5. The van der Waals surface area contributed by atoms with Crippen molar-refractivity contribution in [1.82, 2.24) is 0 Å². The number of hydrogen-bond acceptors (Lipinski definition) is 14. The molecule has 0 aromatic heterocycles. The fraction of sp³-hybridized carbons (Fsp3) is 0.386. The maximum Gasteiger partial charge on any atom is 0.336 e. The molecule has 17 nitrogen and oxygen atoms in total. The van der Waals surface area contributed by atoms with Crippen LogP contribution in [0.15, 0.2) is 81.7 Å². The molecule has 6 unspecified atom stereocenters. The lowest BCUT2D eigenvalue weighted by atomic mass is 9.80. The van der Waals surface area contributed by atoms with Crippen molar-refractivity contribution < 1.29 is 69.6 Å². The molecule has 3 aromatic rings. The van der Waals surface area contributed by atoms with Gasteiger partial charge in [0.2, 0.25) is 12.0 Å². The largest absolute Gasteiger partial charge is 0.508 e. The zero-order valence-electron chi connectivity index (χ0n) is 33.2. The molecular weight excluding hydrogens is 792 g/mol. The Hall–Kier alpha value is -6.27. The molecule has 17 heteroatoms. The number of nitrogens with two attached hydrogens (primary N) is 1. The Balaban J connectivity index is 1.13. The van der Waals surface area contributed by atoms with Crippen LogP contribution in [0.2, 0.25) is 0 Å². The van der Waals surface area contributed by atoms with E-state index in [1.807, 2.05) is 19.1 Å². The number of aliphatic hydroxyl groups excluding tert-OH is 3. The molecule has 0 spiro atoms. The van der Waals surface area contributed by atoms with Crippen LogP contribution in [0.5, 0.6) is 34.5 Å². The van der Waals surface area contributed by atoms with Crippen LogP contribution < -0.4 is 24.4 Å². The van der Waals surface area contributed by atoms with Crippen LogP contribution in [0.3, 0.4) is 0 Å². The number of carboxylic acids is 1. The SMILES string of the molecule is CCc1cc(O)cc(C2(Oc3c(OC4OC(C(=O)O)C(O)(CC5=NC=NC5)C(O)C4O)cc4c(c3O)C(O)=CC(c3ccc(OCCC5=NC(=[NH2+])C=C5)cc3)O4)CCCC2)c1. The average Bonchev–Trinajstić information content (AvgIpc) is 4.03.